The molecule has 0 bridgehead atoms. The van der Waals surface area contributed by atoms with Crippen molar-refractivity contribution in [1.29, 1.82) is 0 Å². The van der Waals surface area contributed by atoms with E-state index in [1.54, 1.807) is 12.3 Å². The van der Waals surface area contributed by atoms with Crippen molar-refractivity contribution in [2.45, 2.75) is 18.4 Å². The SMILES string of the molecule is Cc1ccc2c(ncc3ccn(Cc4ccc(S(N)(=O)=O)cn4)c32)n1. The van der Waals surface area contributed by atoms with Crippen LogP contribution in [-0.2, 0) is 16.6 Å². The van der Waals surface area contributed by atoms with Crippen LogP contribution in [0.5, 0.6) is 0 Å². The van der Waals surface area contributed by atoms with Gasteiger partial charge in [0.15, 0.2) is 5.65 Å². The number of hydrogen-bond donors (Lipinski definition) is 1. The highest BCUT2D eigenvalue weighted by molar-refractivity contribution is 7.89. The summed E-state index contributed by atoms with van der Waals surface area (Å²) in [5, 5.41) is 7.08. The third kappa shape index (κ3) is 2.86. The van der Waals surface area contributed by atoms with Crippen LogP contribution in [0.2, 0.25) is 0 Å². The third-order valence-electron chi connectivity index (χ3n) is 4.05. The van der Waals surface area contributed by atoms with Crippen LogP contribution in [0.3, 0.4) is 0 Å². The first-order valence-electron chi connectivity index (χ1n) is 7.61. The minimum absolute atomic E-state index is 0.00272. The zero-order valence-corrected chi connectivity index (χ0v) is 14.2. The molecule has 0 radical (unpaired) electrons. The molecule has 4 heterocycles. The van der Waals surface area contributed by atoms with Crippen molar-refractivity contribution in [2.75, 3.05) is 0 Å². The number of primary sulfonamides is 1. The van der Waals surface area contributed by atoms with Crippen LogP contribution < -0.4 is 5.14 Å². The van der Waals surface area contributed by atoms with E-state index in [-0.39, 0.29) is 4.90 Å². The Kier molecular flexibility index (Phi) is 3.52. The number of aromatic nitrogens is 4. The molecule has 0 saturated heterocycles. The minimum atomic E-state index is -3.74. The molecule has 0 aliphatic heterocycles. The Bertz CT molecular complexity index is 1200. The van der Waals surface area contributed by atoms with Gasteiger partial charge in [-0.25, -0.2) is 23.5 Å². The molecular weight excluding hydrogens is 338 g/mol. The first-order valence-corrected chi connectivity index (χ1v) is 9.15. The summed E-state index contributed by atoms with van der Waals surface area (Å²) in [6.07, 6.45) is 5.04. The Morgan fingerprint density at radius 3 is 2.64 bits per heavy atom. The average molecular weight is 353 g/mol. The largest absolute Gasteiger partial charge is 0.341 e. The lowest BCUT2D eigenvalue weighted by Gasteiger charge is -2.08. The van der Waals surface area contributed by atoms with E-state index in [9.17, 15) is 8.42 Å². The zero-order chi connectivity index (χ0) is 17.6. The molecule has 0 spiro atoms. The molecule has 4 rings (SSSR count). The number of aryl methyl sites for hydroxylation is 1. The van der Waals surface area contributed by atoms with E-state index >= 15 is 0 Å². The molecule has 2 N–H and O–H groups in total. The molecule has 4 aromatic heterocycles. The van der Waals surface area contributed by atoms with Crippen molar-refractivity contribution in [3.63, 3.8) is 0 Å². The number of rotatable bonds is 3. The summed E-state index contributed by atoms with van der Waals surface area (Å²) in [6, 6.07) is 9.09. The Labute approximate surface area is 144 Å². The van der Waals surface area contributed by atoms with Crippen LogP contribution in [0.4, 0.5) is 0 Å². The van der Waals surface area contributed by atoms with Crippen LogP contribution in [0.25, 0.3) is 21.9 Å². The lowest BCUT2D eigenvalue weighted by atomic mass is 10.2. The molecule has 0 aromatic carbocycles. The van der Waals surface area contributed by atoms with Crippen LogP contribution in [0, 0.1) is 6.92 Å². The van der Waals surface area contributed by atoms with Gasteiger partial charge in [0.1, 0.15) is 4.90 Å². The summed E-state index contributed by atoms with van der Waals surface area (Å²) in [5.41, 5.74) is 3.37. The molecule has 8 heteroatoms. The van der Waals surface area contributed by atoms with E-state index in [4.69, 9.17) is 5.14 Å². The Morgan fingerprint density at radius 1 is 1.08 bits per heavy atom. The number of fused-ring (bicyclic) bond motifs is 3. The fraction of sp³-hybridized carbons (Fsp3) is 0.118. The van der Waals surface area contributed by atoms with Gasteiger partial charge in [0.2, 0.25) is 10.0 Å². The molecule has 0 amide bonds. The smallest absolute Gasteiger partial charge is 0.239 e. The first-order chi connectivity index (χ1) is 11.9. The molecule has 126 valence electrons. The zero-order valence-electron chi connectivity index (χ0n) is 13.4. The van der Waals surface area contributed by atoms with Crippen LogP contribution in [-0.4, -0.2) is 27.9 Å². The summed E-state index contributed by atoms with van der Waals surface area (Å²) in [7, 11) is -3.74. The summed E-state index contributed by atoms with van der Waals surface area (Å²) in [6.45, 7) is 2.43. The maximum atomic E-state index is 11.3. The van der Waals surface area contributed by atoms with Gasteiger partial charge in [-0.05, 0) is 37.3 Å². The van der Waals surface area contributed by atoms with E-state index in [0.717, 1.165) is 27.7 Å². The molecule has 0 atom stereocenters. The van der Waals surface area contributed by atoms with E-state index in [2.05, 4.69) is 19.5 Å². The van der Waals surface area contributed by atoms with E-state index in [1.165, 1.54) is 12.3 Å². The van der Waals surface area contributed by atoms with Crippen molar-refractivity contribution < 1.29 is 8.42 Å². The Hall–Kier alpha value is -2.84. The number of sulfonamides is 1. The summed E-state index contributed by atoms with van der Waals surface area (Å²) >= 11 is 0. The van der Waals surface area contributed by atoms with Gasteiger partial charge in [0, 0.05) is 35.1 Å². The predicted molar refractivity (Wildman–Crippen MR) is 94.5 cm³/mol. The maximum Gasteiger partial charge on any atom is 0.239 e. The second kappa shape index (κ2) is 5.61. The molecule has 0 saturated carbocycles. The third-order valence-corrected chi connectivity index (χ3v) is 4.95. The summed E-state index contributed by atoms with van der Waals surface area (Å²) in [4.78, 5) is 13.1. The number of nitrogens with zero attached hydrogens (tertiary/aromatic N) is 4. The van der Waals surface area contributed by atoms with Crippen LogP contribution in [0.15, 0.2) is 53.8 Å². The van der Waals surface area contributed by atoms with Crippen LogP contribution >= 0.6 is 0 Å². The van der Waals surface area contributed by atoms with Crippen LogP contribution in [0.1, 0.15) is 11.4 Å². The number of pyridine rings is 3. The van der Waals surface area contributed by atoms with Crippen molar-refractivity contribution in [2.24, 2.45) is 5.14 Å². The predicted octanol–water partition coefficient (Wildman–Crippen LogP) is 1.98. The van der Waals surface area contributed by atoms with Crippen molar-refractivity contribution in [3.05, 3.63) is 60.3 Å². The standard InChI is InChI=1S/C17H15N5O2S/c1-11-2-5-15-16-12(8-20-17(15)21-11)6-7-22(16)10-13-3-4-14(9-19-13)25(18,23)24/h2-9H,10H2,1H3,(H2,18,23,24). The molecule has 7 nitrogen and oxygen atoms in total. The van der Waals surface area contributed by atoms with Crippen molar-refractivity contribution in [3.8, 4) is 0 Å². The molecule has 25 heavy (non-hydrogen) atoms. The number of nitrogens with two attached hydrogens (primary N) is 1. The van der Waals surface area contributed by atoms with E-state index in [1.807, 2.05) is 31.3 Å². The summed E-state index contributed by atoms with van der Waals surface area (Å²) < 4.78 is 24.7. The van der Waals surface area contributed by atoms with Gasteiger partial charge in [-0.3, -0.25) is 4.98 Å². The minimum Gasteiger partial charge on any atom is -0.341 e. The maximum absolute atomic E-state index is 11.3. The lowest BCUT2D eigenvalue weighted by molar-refractivity contribution is 0.597. The molecular formula is C17H15N5O2S. The normalized spacial score (nSPS) is 12.1. The van der Waals surface area contributed by atoms with Gasteiger partial charge >= 0.3 is 0 Å². The van der Waals surface area contributed by atoms with E-state index < -0.39 is 10.0 Å². The molecule has 0 aliphatic rings. The summed E-state index contributed by atoms with van der Waals surface area (Å²) in [5.74, 6) is 0. The Morgan fingerprint density at radius 2 is 1.92 bits per heavy atom. The molecule has 0 fully saturated rings. The second-order valence-corrected chi connectivity index (χ2v) is 7.42. The number of hydrogen-bond acceptors (Lipinski definition) is 5. The van der Waals surface area contributed by atoms with Crippen molar-refractivity contribution >= 4 is 32.0 Å². The topological polar surface area (TPSA) is 104 Å². The van der Waals surface area contributed by atoms with Gasteiger partial charge in [-0.15, -0.1) is 0 Å². The van der Waals surface area contributed by atoms with Gasteiger partial charge in [0.05, 0.1) is 17.8 Å². The van der Waals surface area contributed by atoms with Gasteiger partial charge in [-0.2, -0.15) is 0 Å². The fourth-order valence-corrected chi connectivity index (χ4v) is 3.30. The highest BCUT2D eigenvalue weighted by Gasteiger charge is 2.11. The monoisotopic (exact) mass is 353 g/mol. The van der Waals surface area contributed by atoms with Crippen molar-refractivity contribution in [1.82, 2.24) is 19.5 Å². The first kappa shape index (κ1) is 15.7. The van der Waals surface area contributed by atoms with Gasteiger partial charge < -0.3 is 4.57 Å². The lowest BCUT2D eigenvalue weighted by Crippen LogP contribution is -2.12. The molecule has 0 aliphatic carbocycles. The highest BCUT2D eigenvalue weighted by Crippen LogP contribution is 2.24. The fourth-order valence-electron chi connectivity index (χ4n) is 2.84. The Balaban J connectivity index is 1.79. The molecule has 0 unspecified atom stereocenters. The molecule has 4 aromatic rings. The van der Waals surface area contributed by atoms with Gasteiger partial charge in [0.25, 0.3) is 0 Å². The average Bonchev–Trinajstić information content (AvgIpc) is 2.97. The highest BCUT2D eigenvalue weighted by atomic mass is 32.2. The quantitative estimate of drug-likeness (QED) is 0.606. The van der Waals surface area contributed by atoms with Gasteiger partial charge in [-0.1, -0.05) is 0 Å². The van der Waals surface area contributed by atoms with E-state index in [0.29, 0.717) is 12.2 Å². The second-order valence-electron chi connectivity index (χ2n) is 5.86.